The number of methoxy groups -OCH3 is 1. The Balaban J connectivity index is 1.89. The minimum absolute atomic E-state index is 0.00155. The van der Waals surface area contributed by atoms with Crippen LogP contribution in [0.15, 0.2) is 16.8 Å². The molecule has 1 saturated heterocycles. The Morgan fingerprint density at radius 2 is 2.62 bits per heavy atom. The maximum Gasteiger partial charge on any atom is 0.309 e. The number of likely N-dealkylation sites (tertiary alicyclic amines) is 1. The van der Waals surface area contributed by atoms with E-state index in [2.05, 4.69) is 10.1 Å². The van der Waals surface area contributed by atoms with Gasteiger partial charge in [0.15, 0.2) is 5.76 Å². The normalized spacial score (nSPS) is 21.9. The second-order valence-corrected chi connectivity index (χ2v) is 4.08. The molecule has 0 radical (unpaired) electrons. The van der Waals surface area contributed by atoms with Crippen molar-refractivity contribution in [3.8, 4) is 0 Å². The Kier molecular flexibility index (Phi) is 3.56. The van der Waals surface area contributed by atoms with Gasteiger partial charge >= 0.3 is 5.97 Å². The van der Waals surface area contributed by atoms with Crippen LogP contribution in [0.1, 0.15) is 18.6 Å². The van der Waals surface area contributed by atoms with Crippen LogP contribution < -0.4 is 0 Å². The molecule has 0 N–H and O–H groups in total. The summed E-state index contributed by atoms with van der Waals surface area (Å²) in [7, 11) is 1.44. The molecule has 0 saturated carbocycles. The second kappa shape index (κ2) is 5.12. The van der Waals surface area contributed by atoms with Crippen molar-refractivity contribution >= 4 is 5.97 Å². The van der Waals surface area contributed by atoms with E-state index < -0.39 is 0 Å². The highest BCUT2D eigenvalue weighted by molar-refractivity contribution is 5.72. The van der Waals surface area contributed by atoms with Crippen molar-refractivity contribution in [2.75, 3.05) is 20.2 Å². The van der Waals surface area contributed by atoms with Crippen LogP contribution in [-0.2, 0) is 16.1 Å². The SMILES string of the molecule is COC(=O)C1CCCN(Cc2ccno2)C1. The van der Waals surface area contributed by atoms with Crippen LogP contribution >= 0.6 is 0 Å². The molecule has 0 bridgehead atoms. The zero-order valence-electron chi connectivity index (χ0n) is 9.39. The van der Waals surface area contributed by atoms with E-state index >= 15 is 0 Å². The van der Waals surface area contributed by atoms with Crippen molar-refractivity contribution in [2.24, 2.45) is 5.92 Å². The number of aromatic nitrogens is 1. The number of hydrogen-bond acceptors (Lipinski definition) is 5. The molecule has 16 heavy (non-hydrogen) atoms. The molecular weight excluding hydrogens is 208 g/mol. The lowest BCUT2D eigenvalue weighted by Gasteiger charge is -2.30. The molecule has 1 unspecified atom stereocenters. The first-order valence-electron chi connectivity index (χ1n) is 5.49. The molecule has 0 spiro atoms. The largest absolute Gasteiger partial charge is 0.469 e. The van der Waals surface area contributed by atoms with Crippen molar-refractivity contribution in [3.05, 3.63) is 18.0 Å². The number of carbonyl (C=O) groups is 1. The van der Waals surface area contributed by atoms with E-state index in [1.54, 1.807) is 6.20 Å². The monoisotopic (exact) mass is 224 g/mol. The molecule has 1 aliphatic rings. The van der Waals surface area contributed by atoms with Gasteiger partial charge in [-0.3, -0.25) is 9.69 Å². The molecule has 1 atom stereocenters. The van der Waals surface area contributed by atoms with Gasteiger partial charge in [-0.15, -0.1) is 0 Å². The number of hydrogen-bond donors (Lipinski definition) is 0. The number of carbonyl (C=O) groups excluding carboxylic acids is 1. The lowest BCUT2D eigenvalue weighted by Crippen LogP contribution is -2.38. The van der Waals surface area contributed by atoms with Crippen molar-refractivity contribution in [1.29, 1.82) is 0 Å². The lowest BCUT2D eigenvalue weighted by atomic mass is 9.98. The maximum atomic E-state index is 11.4. The Hall–Kier alpha value is -1.36. The summed E-state index contributed by atoms with van der Waals surface area (Å²) in [5.41, 5.74) is 0. The lowest BCUT2D eigenvalue weighted by molar-refractivity contribution is -0.147. The van der Waals surface area contributed by atoms with Crippen LogP contribution in [0, 0.1) is 5.92 Å². The summed E-state index contributed by atoms with van der Waals surface area (Å²) in [6.07, 6.45) is 3.57. The van der Waals surface area contributed by atoms with E-state index in [9.17, 15) is 4.79 Å². The Labute approximate surface area is 94.3 Å². The van der Waals surface area contributed by atoms with Crippen LogP contribution in [0.3, 0.4) is 0 Å². The zero-order chi connectivity index (χ0) is 11.4. The van der Waals surface area contributed by atoms with Gasteiger partial charge in [-0.05, 0) is 19.4 Å². The molecule has 1 aromatic rings. The summed E-state index contributed by atoms with van der Waals surface area (Å²) in [5, 5.41) is 3.66. The summed E-state index contributed by atoms with van der Waals surface area (Å²) in [5.74, 6) is 0.731. The predicted molar refractivity (Wildman–Crippen MR) is 56.5 cm³/mol. The number of esters is 1. The van der Waals surface area contributed by atoms with E-state index in [-0.39, 0.29) is 11.9 Å². The molecule has 88 valence electrons. The smallest absolute Gasteiger partial charge is 0.309 e. The van der Waals surface area contributed by atoms with Crippen LogP contribution in [0.25, 0.3) is 0 Å². The third-order valence-electron chi connectivity index (χ3n) is 2.91. The van der Waals surface area contributed by atoms with E-state index in [1.807, 2.05) is 6.07 Å². The predicted octanol–water partition coefficient (Wildman–Crippen LogP) is 1.06. The average molecular weight is 224 g/mol. The fraction of sp³-hybridized carbons (Fsp3) is 0.636. The molecule has 5 heteroatoms. The molecule has 0 aliphatic carbocycles. The topological polar surface area (TPSA) is 55.6 Å². The highest BCUT2D eigenvalue weighted by atomic mass is 16.5. The quantitative estimate of drug-likeness (QED) is 0.718. The van der Waals surface area contributed by atoms with Gasteiger partial charge in [-0.2, -0.15) is 0 Å². The number of piperidine rings is 1. The standard InChI is InChI=1S/C11H16N2O3/c1-15-11(14)9-3-2-6-13(7-9)8-10-4-5-12-16-10/h4-5,9H,2-3,6-8H2,1H3. The second-order valence-electron chi connectivity index (χ2n) is 4.08. The number of nitrogens with zero attached hydrogens (tertiary/aromatic N) is 2. The Morgan fingerprint density at radius 3 is 3.31 bits per heavy atom. The first-order valence-corrected chi connectivity index (χ1v) is 5.49. The van der Waals surface area contributed by atoms with Crippen molar-refractivity contribution in [2.45, 2.75) is 19.4 Å². The average Bonchev–Trinajstić information content (AvgIpc) is 2.81. The molecule has 5 nitrogen and oxygen atoms in total. The third-order valence-corrected chi connectivity index (χ3v) is 2.91. The fourth-order valence-electron chi connectivity index (χ4n) is 2.10. The Morgan fingerprint density at radius 1 is 1.75 bits per heavy atom. The molecule has 0 amide bonds. The highest BCUT2D eigenvalue weighted by Gasteiger charge is 2.26. The van der Waals surface area contributed by atoms with Crippen molar-refractivity contribution < 1.29 is 14.1 Å². The van der Waals surface area contributed by atoms with Crippen LogP contribution in [0.5, 0.6) is 0 Å². The van der Waals surface area contributed by atoms with Gasteiger partial charge in [-0.25, -0.2) is 0 Å². The van der Waals surface area contributed by atoms with Crippen LogP contribution in [-0.4, -0.2) is 36.2 Å². The zero-order valence-corrected chi connectivity index (χ0v) is 9.39. The molecule has 1 aliphatic heterocycles. The van der Waals surface area contributed by atoms with E-state index in [1.165, 1.54) is 7.11 Å². The first-order chi connectivity index (χ1) is 7.79. The van der Waals surface area contributed by atoms with E-state index in [4.69, 9.17) is 9.26 Å². The third kappa shape index (κ3) is 2.61. The van der Waals surface area contributed by atoms with Gasteiger partial charge < -0.3 is 9.26 Å². The summed E-state index contributed by atoms with van der Waals surface area (Å²) >= 11 is 0. The minimum atomic E-state index is -0.109. The van der Waals surface area contributed by atoms with E-state index in [0.29, 0.717) is 6.54 Å². The first kappa shape index (κ1) is 11.1. The van der Waals surface area contributed by atoms with Gasteiger partial charge in [0.2, 0.25) is 0 Å². The summed E-state index contributed by atoms with van der Waals surface area (Å²) in [6, 6.07) is 1.85. The number of rotatable bonds is 3. The van der Waals surface area contributed by atoms with Gasteiger partial charge in [0.25, 0.3) is 0 Å². The van der Waals surface area contributed by atoms with Gasteiger partial charge in [0.1, 0.15) is 0 Å². The Bertz CT molecular complexity index is 337. The van der Waals surface area contributed by atoms with Gasteiger partial charge in [-0.1, -0.05) is 5.16 Å². The van der Waals surface area contributed by atoms with Gasteiger partial charge in [0.05, 0.1) is 25.8 Å². The summed E-state index contributed by atoms with van der Waals surface area (Å²) in [4.78, 5) is 13.6. The van der Waals surface area contributed by atoms with Crippen LogP contribution in [0.2, 0.25) is 0 Å². The molecular formula is C11H16N2O3. The molecule has 1 fully saturated rings. The molecule has 0 aromatic carbocycles. The summed E-state index contributed by atoms with van der Waals surface area (Å²) in [6.45, 7) is 2.45. The van der Waals surface area contributed by atoms with Crippen LogP contribution in [0.4, 0.5) is 0 Å². The van der Waals surface area contributed by atoms with Gasteiger partial charge in [0, 0.05) is 12.6 Å². The molecule has 2 rings (SSSR count). The minimum Gasteiger partial charge on any atom is -0.469 e. The molecule has 1 aromatic heterocycles. The van der Waals surface area contributed by atoms with Crippen molar-refractivity contribution in [1.82, 2.24) is 10.1 Å². The molecule has 2 heterocycles. The summed E-state index contributed by atoms with van der Waals surface area (Å²) < 4.78 is 9.82. The fourth-order valence-corrected chi connectivity index (χ4v) is 2.10. The van der Waals surface area contributed by atoms with E-state index in [0.717, 1.165) is 31.7 Å². The maximum absolute atomic E-state index is 11.4. The highest BCUT2D eigenvalue weighted by Crippen LogP contribution is 2.19. The number of ether oxygens (including phenoxy) is 1. The van der Waals surface area contributed by atoms with Crippen molar-refractivity contribution in [3.63, 3.8) is 0 Å².